The van der Waals surface area contributed by atoms with E-state index in [1.165, 1.54) is 6.42 Å². The molecule has 1 aromatic rings. The number of piperidine rings is 1. The zero-order chi connectivity index (χ0) is 25.9. The van der Waals surface area contributed by atoms with Crippen molar-refractivity contribution in [3.05, 3.63) is 24.3 Å². The molecule has 200 valence electrons. The molecule has 3 N–H and O–H groups in total. The third-order valence-corrected chi connectivity index (χ3v) is 10.1. The first-order valence-corrected chi connectivity index (χ1v) is 14.6. The highest BCUT2D eigenvalue weighted by molar-refractivity contribution is 7.98. The third-order valence-electron chi connectivity index (χ3n) is 9.34. The number of likely N-dealkylation sites (tertiary alicyclic amines) is 1. The first-order chi connectivity index (χ1) is 17.2. The van der Waals surface area contributed by atoms with Crippen LogP contribution in [-0.4, -0.2) is 65.3 Å². The fourth-order valence-electron chi connectivity index (χ4n) is 7.22. The highest BCUT2D eigenvalue weighted by atomic mass is 32.2. The summed E-state index contributed by atoms with van der Waals surface area (Å²) in [5.74, 6) is 0.00101. The summed E-state index contributed by atoms with van der Waals surface area (Å²) in [6, 6.07) is 7.61. The Balaban J connectivity index is 1.48. The predicted molar refractivity (Wildman–Crippen MR) is 142 cm³/mol. The lowest BCUT2D eigenvalue weighted by atomic mass is 9.46. The van der Waals surface area contributed by atoms with Crippen molar-refractivity contribution in [3.8, 4) is 0 Å². The van der Waals surface area contributed by atoms with Crippen LogP contribution in [0.3, 0.4) is 0 Å². The van der Waals surface area contributed by atoms with Crippen molar-refractivity contribution in [3.63, 3.8) is 0 Å². The molecule has 36 heavy (non-hydrogen) atoms. The van der Waals surface area contributed by atoms with Crippen molar-refractivity contribution in [1.29, 1.82) is 0 Å². The molecule has 0 spiro atoms. The summed E-state index contributed by atoms with van der Waals surface area (Å²) in [4.78, 5) is 29.0. The minimum Gasteiger partial charge on any atom is -0.445 e. The molecule has 0 radical (unpaired) electrons. The molecule has 3 aliphatic rings. The van der Waals surface area contributed by atoms with E-state index in [-0.39, 0.29) is 29.8 Å². The molecule has 1 aliphatic heterocycles. The molecule has 1 heterocycles. The van der Waals surface area contributed by atoms with Crippen molar-refractivity contribution in [1.82, 2.24) is 4.90 Å². The van der Waals surface area contributed by atoms with Crippen molar-refractivity contribution in [2.75, 3.05) is 31.3 Å². The van der Waals surface area contributed by atoms with Crippen LogP contribution in [0, 0.1) is 22.7 Å². The van der Waals surface area contributed by atoms with Crippen LogP contribution >= 0.6 is 11.8 Å². The van der Waals surface area contributed by atoms with Crippen LogP contribution in [0.25, 0.3) is 0 Å². The second-order valence-electron chi connectivity index (χ2n) is 11.4. The fourth-order valence-corrected chi connectivity index (χ4v) is 7.68. The van der Waals surface area contributed by atoms with Crippen molar-refractivity contribution in [2.45, 2.75) is 82.3 Å². The number of rotatable bonds is 6. The van der Waals surface area contributed by atoms with Gasteiger partial charge in [0, 0.05) is 35.5 Å². The second kappa shape index (κ2) is 11.3. The Morgan fingerprint density at radius 1 is 1.17 bits per heavy atom. The number of fused-ring (bicyclic) bond motifs is 1. The number of ether oxygens (including phenoxy) is 1. The minimum atomic E-state index is -0.655. The van der Waals surface area contributed by atoms with Crippen LogP contribution in [0.4, 0.5) is 10.5 Å². The number of thioether (sulfide) groups is 1. The minimum absolute atomic E-state index is 0.0314. The maximum Gasteiger partial charge on any atom is 0.411 e. The predicted octanol–water partition coefficient (Wildman–Crippen LogP) is 4.91. The highest BCUT2D eigenvalue weighted by Crippen LogP contribution is 2.61. The smallest absolute Gasteiger partial charge is 0.411 e. The zero-order valence-electron chi connectivity index (χ0n) is 21.9. The van der Waals surface area contributed by atoms with Crippen LogP contribution < -0.4 is 5.32 Å². The van der Waals surface area contributed by atoms with Crippen LogP contribution in [0.2, 0.25) is 0 Å². The van der Waals surface area contributed by atoms with Crippen LogP contribution in [0.15, 0.2) is 29.2 Å². The summed E-state index contributed by atoms with van der Waals surface area (Å²) < 4.78 is 5.95. The normalized spacial score (nSPS) is 34.5. The summed E-state index contributed by atoms with van der Waals surface area (Å²) in [5.41, 5.74) is -0.294. The third kappa shape index (κ3) is 5.41. The average molecular weight is 519 g/mol. The Labute approximate surface area is 219 Å². The van der Waals surface area contributed by atoms with Gasteiger partial charge in [0.15, 0.2) is 0 Å². The van der Waals surface area contributed by atoms with E-state index in [9.17, 15) is 19.8 Å². The van der Waals surface area contributed by atoms with Gasteiger partial charge in [-0.2, -0.15) is 0 Å². The van der Waals surface area contributed by atoms with Gasteiger partial charge in [-0.3, -0.25) is 10.1 Å². The number of carbonyl (C=O) groups is 2. The Hall–Kier alpha value is -1.77. The molecule has 1 saturated heterocycles. The fraction of sp³-hybridized carbons (Fsp3) is 0.714. The number of anilines is 1. The molecule has 2 saturated carbocycles. The van der Waals surface area contributed by atoms with Crippen LogP contribution in [0.1, 0.15) is 65.2 Å². The molecule has 2 amide bonds. The number of hydrogen-bond donors (Lipinski definition) is 3. The topological polar surface area (TPSA) is 99.1 Å². The largest absolute Gasteiger partial charge is 0.445 e. The van der Waals surface area contributed by atoms with E-state index in [1.54, 1.807) is 11.8 Å². The highest BCUT2D eigenvalue weighted by Gasteiger charge is 2.60. The lowest BCUT2D eigenvalue weighted by Gasteiger charge is -2.60. The lowest BCUT2D eigenvalue weighted by Crippen LogP contribution is -2.61. The molecule has 7 nitrogen and oxygen atoms in total. The molecule has 3 fully saturated rings. The van der Waals surface area contributed by atoms with Crippen molar-refractivity contribution >= 4 is 29.4 Å². The number of nitrogens with zero attached hydrogens (tertiary/aromatic N) is 1. The van der Waals surface area contributed by atoms with Gasteiger partial charge in [0.1, 0.15) is 6.10 Å². The maximum absolute atomic E-state index is 13.2. The van der Waals surface area contributed by atoms with Crippen LogP contribution in [-0.2, 0) is 9.53 Å². The Bertz CT molecular complexity index is 938. The van der Waals surface area contributed by atoms with E-state index in [0.717, 1.165) is 43.7 Å². The first kappa shape index (κ1) is 27.3. The number of aliphatic hydroxyl groups excluding tert-OH is 2. The zero-order valence-corrected chi connectivity index (χ0v) is 22.7. The number of carbonyl (C=O) groups excluding carboxylic acids is 2. The van der Waals surface area contributed by atoms with Crippen molar-refractivity contribution in [2.24, 2.45) is 22.7 Å². The van der Waals surface area contributed by atoms with E-state index in [4.69, 9.17) is 4.74 Å². The average Bonchev–Trinajstić information content (AvgIpc) is 2.88. The summed E-state index contributed by atoms with van der Waals surface area (Å²) in [6.07, 6.45) is 6.74. The Morgan fingerprint density at radius 2 is 1.92 bits per heavy atom. The van der Waals surface area contributed by atoms with Crippen molar-refractivity contribution < 1.29 is 24.5 Å². The summed E-state index contributed by atoms with van der Waals surface area (Å²) >= 11 is 1.60. The van der Waals surface area contributed by atoms with E-state index in [2.05, 4.69) is 12.2 Å². The molecule has 8 heteroatoms. The van der Waals surface area contributed by atoms with Gasteiger partial charge >= 0.3 is 6.09 Å². The first-order valence-electron chi connectivity index (χ1n) is 13.4. The summed E-state index contributed by atoms with van der Waals surface area (Å²) in [7, 11) is 0. The number of nitrogens with one attached hydrogen (secondary N) is 1. The van der Waals surface area contributed by atoms with Gasteiger partial charge < -0.3 is 19.8 Å². The SMILES string of the molecule is CSc1cccc(NC(=O)OC2CCC3(C)C(CC(=O)N4CCCCC4)C(O)CCC3C2(C)CO)c1. The van der Waals surface area contributed by atoms with Gasteiger partial charge in [-0.15, -0.1) is 11.8 Å². The molecular formula is C28H42N2O5S. The van der Waals surface area contributed by atoms with Gasteiger partial charge in [-0.25, -0.2) is 4.79 Å². The van der Waals surface area contributed by atoms with E-state index in [1.807, 2.05) is 42.3 Å². The summed E-state index contributed by atoms with van der Waals surface area (Å²) in [6.45, 7) is 5.67. The van der Waals surface area contributed by atoms with Gasteiger partial charge in [0.25, 0.3) is 0 Å². The molecule has 0 bridgehead atoms. The molecule has 2 aliphatic carbocycles. The molecule has 6 atom stereocenters. The number of aliphatic hydroxyl groups is 2. The number of benzene rings is 1. The van der Waals surface area contributed by atoms with E-state index in [0.29, 0.717) is 24.9 Å². The number of hydrogen-bond acceptors (Lipinski definition) is 6. The molecular weight excluding hydrogens is 476 g/mol. The molecule has 1 aromatic carbocycles. The van der Waals surface area contributed by atoms with E-state index < -0.39 is 23.7 Å². The Kier molecular flexibility index (Phi) is 8.57. The van der Waals surface area contributed by atoms with Gasteiger partial charge in [-0.1, -0.05) is 19.9 Å². The molecule has 4 rings (SSSR count). The van der Waals surface area contributed by atoms with Gasteiger partial charge in [-0.05, 0) is 86.7 Å². The van der Waals surface area contributed by atoms with Gasteiger partial charge in [0.05, 0.1) is 12.7 Å². The monoisotopic (exact) mass is 518 g/mol. The van der Waals surface area contributed by atoms with E-state index >= 15 is 0 Å². The summed E-state index contributed by atoms with van der Waals surface area (Å²) in [5, 5.41) is 24.5. The lowest BCUT2D eigenvalue weighted by molar-refractivity contribution is -0.186. The Morgan fingerprint density at radius 3 is 2.61 bits per heavy atom. The quantitative estimate of drug-likeness (QED) is 0.463. The maximum atomic E-state index is 13.2. The number of amides is 2. The molecule has 0 aromatic heterocycles. The van der Waals surface area contributed by atoms with Gasteiger partial charge in [0.2, 0.25) is 5.91 Å². The second-order valence-corrected chi connectivity index (χ2v) is 12.3. The van der Waals surface area contributed by atoms with Crippen LogP contribution in [0.5, 0.6) is 0 Å². The standard InChI is InChI=1S/C28H42N2O5S/c1-27-13-12-24(35-26(34)29-19-8-7-9-20(16-19)36-3)28(2,18-31)23(27)11-10-22(32)21(27)17-25(33)30-14-5-4-6-15-30/h7-9,16,21-24,31-32H,4-6,10-15,17-18H2,1-3H3,(H,29,34). The molecule has 6 unspecified atom stereocenters.